The van der Waals surface area contributed by atoms with Gasteiger partial charge in [-0.1, -0.05) is 6.07 Å². The lowest BCUT2D eigenvalue weighted by molar-refractivity contribution is 0.0697. The van der Waals surface area contributed by atoms with E-state index < -0.39 is 5.97 Å². The van der Waals surface area contributed by atoms with Crippen LogP contribution in [0.1, 0.15) is 35.8 Å². The third-order valence-electron chi connectivity index (χ3n) is 3.70. The number of hydrogen-bond donors (Lipinski definition) is 1. The molecule has 0 saturated heterocycles. The van der Waals surface area contributed by atoms with Crippen LogP contribution in [-0.2, 0) is 0 Å². The Kier molecular flexibility index (Phi) is 2.91. The molecule has 0 unspecified atom stereocenters. The van der Waals surface area contributed by atoms with Crippen LogP contribution in [0.15, 0.2) is 36.4 Å². The lowest BCUT2D eigenvalue weighted by Crippen LogP contribution is -2.01. The van der Waals surface area contributed by atoms with Gasteiger partial charge in [0.15, 0.2) is 0 Å². The summed E-state index contributed by atoms with van der Waals surface area (Å²) in [4.78, 5) is 11.2. The Morgan fingerprint density at radius 1 is 1.14 bits per heavy atom. The van der Waals surface area contributed by atoms with E-state index in [1.165, 1.54) is 0 Å². The zero-order valence-electron chi connectivity index (χ0n) is 11.8. The molecular weight excluding hydrogens is 264 g/mol. The average molecular weight is 278 g/mol. The summed E-state index contributed by atoms with van der Waals surface area (Å²) in [6.07, 6.45) is 0. The van der Waals surface area contributed by atoms with Gasteiger partial charge >= 0.3 is 5.97 Å². The van der Waals surface area contributed by atoms with E-state index in [4.69, 9.17) is 5.26 Å². The minimum atomic E-state index is -0.935. The fraction of sp³-hybridized carbons (Fsp3) is 0.176. The Balaban J connectivity index is 2.49. The van der Waals surface area contributed by atoms with Gasteiger partial charge in [0.25, 0.3) is 0 Å². The number of benzene rings is 2. The number of nitrogens with zero attached hydrogens (tertiary/aromatic N) is 2. The van der Waals surface area contributed by atoms with E-state index >= 15 is 0 Å². The van der Waals surface area contributed by atoms with Crippen molar-refractivity contribution in [1.29, 1.82) is 5.26 Å². The summed E-state index contributed by atoms with van der Waals surface area (Å²) in [5, 5.41) is 20.2. The van der Waals surface area contributed by atoms with Crippen molar-refractivity contribution >= 4 is 27.8 Å². The Bertz CT molecular complexity index is 914. The standard InChI is InChI=1S/C17H14N2O2/c1-10(2)19-15-6-3-11(9-18)7-14(15)13-5-4-12(17(20)21)8-16(13)19/h3-8,10H,1-2H3,(H,20,21). The number of rotatable bonds is 2. The van der Waals surface area contributed by atoms with Crippen molar-refractivity contribution < 1.29 is 9.90 Å². The molecule has 21 heavy (non-hydrogen) atoms. The summed E-state index contributed by atoms with van der Waals surface area (Å²) in [6, 6.07) is 13.0. The first-order valence-electron chi connectivity index (χ1n) is 6.74. The molecule has 4 nitrogen and oxygen atoms in total. The fourth-order valence-corrected chi connectivity index (χ4v) is 2.81. The normalized spacial score (nSPS) is 11.1. The maximum absolute atomic E-state index is 11.2. The second-order valence-corrected chi connectivity index (χ2v) is 5.34. The number of aromatic nitrogens is 1. The van der Waals surface area contributed by atoms with Crippen LogP contribution in [-0.4, -0.2) is 15.6 Å². The van der Waals surface area contributed by atoms with Gasteiger partial charge in [-0.05, 0) is 44.2 Å². The highest BCUT2D eigenvalue weighted by Gasteiger charge is 2.15. The van der Waals surface area contributed by atoms with E-state index in [0.717, 1.165) is 21.8 Å². The van der Waals surface area contributed by atoms with E-state index in [2.05, 4.69) is 24.5 Å². The van der Waals surface area contributed by atoms with Gasteiger partial charge in [0, 0.05) is 22.3 Å². The van der Waals surface area contributed by atoms with Gasteiger partial charge in [-0.15, -0.1) is 0 Å². The number of aromatic carboxylic acids is 1. The van der Waals surface area contributed by atoms with Crippen LogP contribution < -0.4 is 0 Å². The molecule has 1 heterocycles. The van der Waals surface area contributed by atoms with Gasteiger partial charge in [-0.2, -0.15) is 5.26 Å². The number of carboxylic acid groups (broad SMARTS) is 1. The third kappa shape index (κ3) is 1.95. The summed E-state index contributed by atoms with van der Waals surface area (Å²) < 4.78 is 2.11. The second kappa shape index (κ2) is 4.64. The maximum atomic E-state index is 11.2. The van der Waals surface area contributed by atoms with E-state index in [0.29, 0.717) is 5.56 Å². The third-order valence-corrected chi connectivity index (χ3v) is 3.70. The molecule has 3 rings (SSSR count). The minimum absolute atomic E-state index is 0.196. The van der Waals surface area contributed by atoms with Gasteiger partial charge in [-0.25, -0.2) is 4.79 Å². The monoisotopic (exact) mass is 278 g/mol. The van der Waals surface area contributed by atoms with Crippen LogP contribution in [0.2, 0.25) is 0 Å². The molecule has 0 spiro atoms. The van der Waals surface area contributed by atoms with E-state index in [9.17, 15) is 9.90 Å². The molecule has 0 amide bonds. The number of carbonyl (C=O) groups is 1. The van der Waals surface area contributed by atoms with Crippen molar-refractivity contribution in [3.63, 3.8) is 0 Å². The van der Waals surface area contributed by atoms with Crippen LogP contribution in [0.25, 0.3) is 21.8 Å². The Morgan fingerprint density at radius 2 is 1.90 bits per heavy atom. The van der Waals surface area contributed by atoms with Crippen LogP contribution in [0, 0.1) is 11.3 Å². The van der Waals surface area contributed by atoms with Crippen molar-refractivity contribution in [2.45, 2.75) is 19.9 Å². The summed E-state index contributed by atoms with van der Waals surface area (Å²) in [6.45, 7) is 4.12. The SMILES string of the molecule is CC(C)n1c2ccc(C#N)cc2c2ccc(C(=O)O)cc21. The molecule has 0 atom stereocenters. The molecule has 2 aromatic carbocycles. The number of carboxylic acids is 1. The molecule has 1 N–H and O–H groups in total. The van der Waals surface area contributed by atoms with E-state index in [1.54, 1.807) is 18.2 Å². The van der Waals surface area contributed by atoms with Gasteiger partial charge < -0.3 is 9.67 Å². The second-order valence-electron chi connectivity index (χ2n) is 5.34. The first kappa shape index (κ1) is 13.2. The van der Waals surface area contributed by atoms with E-state index in [-0.39, 0.29) is 11.6 Å². The zero-order valence-corrected chi connectivity index (χ0v) is 11.8. The van der Waals surface area contributed by atoms with Crippen LogP contribution >= 0.6 is 0 Å². The molecule has 0 aliphatic heterocycles. The molecule has 3 aromatic rings. The summed E-state index contributed by atoms with van der Waals surface area (Å²) in [5.74, 6) is -0.935. The highest BCUT2D eigenvalue weighted by molar-refractivity contribution is 6.10. The van der Waals surface area contributed by atoms with Crippen molar-refractivity contribution in [3.05, 3.63) is 47.5 Å². The molecule has 0 aliphatic carbocycles. The largest absolute Gasteiger partial charge is 0.478 e. The quantitative estimate of drug-likeness (QED) is 0.772. The van der Waals surface area contributed by atoms with Gasteiger partial charge in [-0.3, -0.25) is 0 Å². The molecule has 0 radical (unpaired) electrons. The van der Waals surface area contributed by atoms with Gasteiger partial charge in [0.05, 0.1) is 22.7 Å². The predicted molar refractivity (Wildman–Crippen MR) is 81.5 cm³/mol. The van der Waals surface area contributed by atoms with Crippen molar-refractivity contribution in [2.75, 3.05) is 0 Å². The van der Waals surface area contributed by atoms with Crippen molar-refractivity contribution in [2.24, 2.45) is 0 Å². The molecule has 0 aliphatic rings. The van der Waals surface area contributed by atoms with Crippen LogP contribution in [0.4, 0.5) is 0 Å². The maximum Gasteiger partial charge on any atom is 0.335 e. The summed E-state index contributed by atoms with van der Waals surface area (Å²) in [7, 11) is 0. The molecule has 104 valence electrons. The Morgan fingerprint density at radius 3 is 2.52 bits per heavy atom. The lowest BCUT2D eigenvalue weighted by Gasteiger charge is -2.11. The Labute approximate surface area is 121 Å². The van der Waals surface area contributed by atoms with Crippen LogP contribution in [0.5, 0.6) is 0 Å². The predicted octanol–water partition coefficient (Wildman–Crippen LogP) is 3.95. The molecular formula is C17H14N2O2. The first-order valence-corrected chi connectivity index (χ1v) is 6.74. The lowest BCUT2D eigenvalue weighted by atomic mass is 10.1. The molecule has 0 fully saturated rings. The minimum Gasteiger partial charge on any atom is -0.478 e. The average Bonchev–Trinajstić information content (AvgIpc) is 2.79. The number of fused-ring (bicyclic) bond motifs is 3. The summed E-state index contributed by atoms with van der Waals surface area (Å²) >= 11 is 0. The fourth-order valence-electron chi connectivity index (χ4n) is 2.81. The summed E-state index contributed by atoms with van der Waals surface area (Å²) in [5.41, 5.74) is 2.77. The highest BCUT2D eigenvalue weighted by Crippen LogP contribution is 2.33. The molecule has 0 saturated carbocycles. The first-order chi connectivity index (χ1) is 10.0. The number of hydrogen-bond acceptors (Lipinski definition) is 2. The molecule has 1 aromatic heterocycles. The molecule has 0 bridgehead atoms. The topological polar surface area (TPSA) is 66.0 Å². The van der Waals surface area contributed by atoms with Gasteiger partial charge in [0.1, 0.15) is 0 Å². The smallest absolute Gasteiger partial charge is 0.335 e. The highest BCUT2D eigenvalue weighted by atomic mass is 16.4. The van der Waals surface area contributed by atoms with Gasteiger partial charge in [0.2, 0.25) is 0 Å². The molecule has 4 heteroatoms. The zero-order chi connectivity index (χ0) is 15.1. The number of nitriles is 1. The van der Waals surface area contributed by atoms with Crippen molar-refractivity contribution in [3.8, 4) is 6.07 Å². The Hall–Kier alpha value is -2.80. The van der Waals surface area contributed by atoms with E-state index in [1.807, 2.05) is 18.2 Å². The van der Waals surface area contributed by atoms with Crippen LogP contribution in [0.3, 0.4) is 0 Å². The van der Waals surface area contributed by atoms with Crippen molar-refractivity contribution in [1.82, 2.24) is 4.57 Å².